The number of nitrogens with zero attached hydrogens (tertiary/aromatic N) is 2. The van der Waals surface area contributed by atoms with Gasteiger partial charge in [-0.3, -0.25) is 5.43 Å². The van der Waals surface area contributed by atoms with Gasteiger partial charge in [-0.25, -0.2) is 9.78 Å². The van der Waals surface area contributed by atoms with Crippen LogP contribution in [0.4, 0.5) is 5.13 Å². The van der Waals surface area contributed by atoms with Gasteiger partial charge in [0.2, 0.25) is 5.13 Å². The van der Waals surface area contributed by atoms with Crippen LogP contribution in [0.3, 0.4) is 0 Å². The van der Waals surface area contributed by atoms with Crippen LogP contribution in [0.25, 0.3) is 0 Å². The Morgan fingerprint density at radius 3 is 2.82 bits per heavy atom. The highest BCUT2D eigenvalue weighted by Crippen LogP contribution is 2.29. The number of esters is 1. The lowest BCUT2D eigenvalue weighted by Gasteiger charge is -2.11. The molecule has 1 N–H and O–H groups in total. The second kappa shape index (κ2) is 9.34. The highest BCUT2D eigenvalue weighted by molar-refractivity contribution is 7.13. The molecule has 0 saturated heterocycles. The molecule has 0 unspecified atom stereocenters. The van der Waals surface area contributed by atoms with Gasteiger partial charge in [0.1, 0.15) is 0 Å². The molecule has 0 atom stereocenters. The minimum absolute atomic E-state index is 0.292. The van der Waals surface area contributed by atoms with Crippen LogP contribution in [0.15, 0.2) is 52.9 Å². The summed E-state index contributed by atoms with van der Waals surface area (Å²) in [6.07, 6.45) is 1.64. The number of nitrogens with one attached hydrogen (secondary N) is 1. The molecule has 0 spiro atoms. The van der Waals surface area contributed by atoms with E-state index in [-0.39, 0.29) is 0 Å². The summed E-state index contributed by atoms with van der Waals surface area (Å²) in [7, 11) is 0. The van der Waals surface area contributed by atoms with Crippen LogP contribution in [0.1, 0.15) is 28.5 Å². The van der Waals surface area contributed by atoms with Crippen LogP contribution in [0.5, 0.6) is 11.5 Å². The lowest BCUT2D eigenvalue weighted by molar-refractivity contribution is 0.0728. The van der Waals surface area contributed by atoms with Gasteiger partial charge in [-0.2, -0.15) is 5.10 Å². The van der Waals surface area contributed by atoms with E-state index in [4.69, 9.17) is 21.1 Å². The Morgan fingerprint density at radius 2 is 2.11 bits per heavy atom. The Hall–Kier alpha value is -2.90. The number of aromatic nitrogens is 1. The lowest BCUT2D eigenvalue weighted by atomic mass is 10.2. The van der Waals surface area contributed by atoms with Crippen molar-refractivity contribution < 1.29 is 14.3 Å². The number of hydrazone groups is 1. The van der Waals surface area contributed by atoms with Crippen molar-refractivity contribution in [1.29, 1.82) is 0 Å². The molecular weight excluding hydrogens is 398 g/mol. The number of hydrogen-bond acceptors (Lipinski definition) is 7. The van der Waals surface area contributed by atoms with E-state index < -0.39 is 5.97 Å². The van der Waals surface area contributed by atoms with Gasteiger partial charge in [0.05, 0.1) is 29.1 Å². The third kappa shape index (κ3) is 5.09. The second-order valence-corrected chi connectivity index (χ2v) is 6.94. The smallest absolute Gasteiger partial charge is 0.345 e. The molecule has 1 heterocycles. The topological polar surface area (TPSA) is 72.8 Å². The highest BCUT2D eigenvalue weighted by Gasteiger charge is 2.15. The maximum Gasteiger partial charge on any atom is 0.345 e. The number of rotatable bonds is 7. The third-order valence-corrected chi connectivity index (χ3v) is 4.75. The summed E-state index contributed by atoms with van der Waals surface area (Å²) in [4.78, 5) is 16.7. The summed E-state index contributed by atoms with van der Waals surface area (Å²) in [6, 6.07) is 11.9. The lowest BCUT2D eigenvalue weighted by Crippen LogP contribution is -2.10. The third-order valence-electron chi connectivity index (χ3n) is 3.56. The number of benzene rings is 2. The molecule has 0 amide bonds. The zero-order valence-corrected chi connectivity index (χ0v) is 16.9. The van der Waals surface area contributed by atoms with Crippen molar-refractivity contribution in [3.8, 4) is 11.5 Å². The number of anilines is 1. The largest absolute Gasteiger partial charge is 0.490 e. The van der Waals surface area contributed by atoms with Gasteiger partial charge in [-0.15, -0.1) is 11.3 Å². The number of halogens is 1. The van der Waals surface area contributed by atoms with E-state index in [9.17, 15) is 4.79 Å². The van der Waals surface area contributed by atoms with Gasteiger partial charge in [0.25, 0.3) is 0 Å². The van der Waals surface area contributed by atoms with Crippen molar-refractivity contribution in [3.63, 3.8) is 0 Å². The summed E-state index contributed by atoms with van der Waals surface area (Å²) in [5.74, 6) is 0.207. The first-order valence-electron chi connectivity index (χ1n) is 8.51. The van der Waals surface area contributed by atoms with E-state index in [1.54, 1.807) is 48.7 Å². The predicted molar refractivity (Wildman–Crippen MR) is 112 cm³/mol. The van der Waals surface area contributed by atoms with Crippen molar-refractivity contribution in [1.82, 2.24) is 4.98 Å². The summed E-state index contributed by atoms with van der Waals surface area (Å²) in [5, 5.41) is 7.15. The normalized spacial score (nSPS) is 10.8. The van der Waals surface area contributed by atoms with E-state index in [1.807, 2.05) is 19.2 Å². The first kappa shape index (κ1) is 19.9. The van der Waals surface area contributed by atoms with Crippen LogP contribution in [-0.2, 0) is 0 Å². The monoisotopic (exact) mass is 415 g/mol. The Morgan fingerprint density at radius 1 is 1.29 bits per heavy atom. The van der Waals surface area contributed by atoms with Gasteiger partial charge in [0.15, 0.2) is 11.5 Å². The standard InChI is InChI=1S/C20H18ClN3O3S/c1-3-26-18-10-14(11-22-24-20-23-13(2)12-28-20)8-9-17(18)27-19(25)15-6-4-5-7-16(15)21/h4-12H,3H2,1-2H3,(H,23,24). The van der Waals surface area contributed by atoms with E-state index in [0.717, 1.165) is 11.3 Å². The maximum absolute atomic E-state index is 12.4. The van der Waals surface area contributed by atoms with Crippen LogP contribution in [0.2, 0.25) is 5.02 Å². The number of hydrogen-bond donors (Lipinski definition) is 1. The van der Waals surface area contributed by atoms with Crippen molar-refractivity contribution in [3.05, 3.63) is 69.7 Å². The molecule has 1 aromatic heterocycles. The number of ether oxygens (including phenoxy) is 2. The van der Waals surface area contributed by atoms with Gasteiger partial charge in [-0.05, 0) is 49.7 Å². The highest BCUT2D eigenvalue weighted by atomic mass is 35.5. The average Bonchev–Trinajstić information content (AvgIpc) is 3.09. The van der Waals surface area contributed by atoms with E-state index in [1.165, 1.54) is 11.3 Å². The molecule has 0 radical (unpaired) electrons. The van der Waals surface area contributed by atoms with Gasteiger partial charge >= 0.3 is 5.97 Å². The minimum Gasteiger partial charge on any atom is -0.490 e. The van der Waals surface area contributed by atoms with Gasteiger partial charge < -0.3 is 9.47 Å². The van der Waals surface area contributed by atoms with Crippen molar-refractivity contribution in [2.75, 3.05) is 12.0 Å². The molecule has 6 nitrogen and oxygen atoms in total. The summed E-state index contributed by atoms with van der Waals surface area (Å²) >= 11 is 7.54. The molecule has 3 aromatic rings. The van der Waals surface area contributed by atoms with E-state index >= 15 is 0 Å². The second-order valence-electron chi connectivity index (χ2n) is 5.67. The first-order valence-corrected chi connectivity index (χ1v) is 9.77. The van der Waals surface area contributed by atoms with Crippen LogP contribution < -0.4 is 14.9 Å². The molecule has 28 heavy (non-hydrogen) atoms. The van der Waals surface area contributed by atoms with Gasteiger partial charge in [0, 0.05) is 5.38 Å². The first-order chi connectivity index (χ1) is 13.6. The maximum atomic E-state index is 12.4. The molecule has 0 aliphatic heterocycles. The predicted octanol–water partition coefficient (Wildman–Crippen LogP) is 5.17. The average molecular weight is 416 g/mol. The van der Waals surface area contributed by atoms with Gasteiger partial charge in [-0.1, -0.05) is 23.7 Å². The minimum atomic E-state index is -0.547. The van der Waals surface area contributed by atoms with E-state index in [2.05, 4.69) is 15.5 Å². The van der Waals surface area contributed by atoms with Crippen LogP contribution in [0, 0.1) is 6.92 Å². The molecule has 0 bridgehead atoms. The summed E-state index contributed by atoms with van der Waals surface area (Å²) in [5.41, 5.74) is 4.88. The molecule has 3 rings (SSSR count). The number of thiazole rings is 1. The summed E-state index contributed by atoms with van der Waals surface area (Å²) < 4.78 is 11.1. The molecular formula is C20H18ClN3O3S. The Bertz CT molecular complexity index is 1000. The Kier molecular flexibility index (Phi) is 6.62. The quantitative estimate of drug-likeness (QED) is 0.249. The SMILES string of the molecule is CCOc1cc(C=NNc2nc(C)cs2)ccc1OC(=O)c1ccccc1Cl. The van der Waals surface area contributed by atoms with Crippen molar-refractivity contribution >= 4 is 40.3 Å². The van der Waals surface area contributed by atoms with E-state index in [0.29, 0.717) is 33.8 Å². The number of carbonyl (C=O) groups excluding carboxylic acids is 1. The van der Waals surface area contributed by atoms with Crippen LogP contribution in [-0.4, -0.2) is 23.8 Å². The zero-order chi connectivity index (χ0) is 19.9. The number of aryl methyl sites for hydroxylation is 1. The van der Waals surface area contributed by atoms with Crippen molar-refractivity contribution in [2.24, 2.45) is 5.10 Å². The van der Waals surface area contributed by atoms with Crippen LogP contribution >= 0.6 is 22.9 Å². The number of carbonyl (C=O) groups is 1. The molecule has 0 aliphatic carbocycles. The zero-order valence-electron chi connectivity index (χ0n) is 15.3. The fourth-order valence-electron chi connectivity index (χ4n) is 2.31. The Labute approximate surface area is 171 Å². The Balaban J connectivity index is 1.75. The summed E-state index contributed by atoms with van der Waals surface area (Å²) in [6.45, 7) is 4.20. The fourth-order valence-corrected chi connectivity index (χ4v) is 3.16. The molecule has 144 valence electrons. The molecule has 0 fully saturated rings. The molecule has 2 aromatic carbocycles. The molecule has 8 heteroatoms. The van der Waals surface area contributed by atoms with Crippen molar-refractivity contribution in [2.45, 2.75) is 13.8 Å². The molecule has 0 saturated carbocycles. The fraction of sp³-hybridized carbons (Fsp3) is 0.150. The molecule has 0 aliphatic rings.